The maximum atomic E-state index is 11.0. The van der Waals surface area contributed by atoms with E-state index in [0.717, 1.165) is 5.56 Å². The van der Waals surface area contributed by atoms with Crippen molar-refractivity contribution in [1.82, 2.24) is 9.97 Å². The molecule has 1 heterocycles. The van der Waals surface area contributed by atoms with E-state index in [9.17, 15) is 10.1 Å². The number of nitro benzene ring substituents is 1. The predicted octanol–water partition coefficient (Wildman–Crippen LogP) is 2.53. The minimum absolute atomic E-state index is 0.0948. The summed E-state index contributed by atoms with van der Waals surface area (Å²) in [4.78, 5) is 18.3. The summed E-state index contributed by atoms with van der Waals surface area (Å²) in [5.41, 5.74) is 2.95. The molecule has 20 heavy (non-hydrogen) atoms. The first-order chi connectivity index (χ1) is 9.51. The van der Waals surface area contributed by atoms with Crippen molar-refractivity contribution in [2.45, 2.75) is 6.92 Å². The Kier molecular flexibility index (Phi) is 4.11. The van der Waals surface area contributed by atoms with Crippen LogP contribution in [0.15, 0.2) is 28.9 Å². The molecule has 0 saturated heterocycles. The van der Waals surface area contributed by atoms with Crippen molar-refractivity contribution in [3.05, 3.63) is 44.5 Å². The molecule has 0 bridgehead atoms. The normalized spacial score (nSPS) is 10.2. The van der Waals surface area contributed by atoms with Crippen LogP contribution in [0.5, 0.6) is 11.6 Å². The summed E-state index contributed by atoms with van der Waals surface area (Å²) in [6.45, 7) is 1.80. The van der Waals surface area contributed by atoms with Crippen LogP contribution in [0.4, 0.5) is 11.6 Å². The first-order valence-corrected chi connectivity index (χ1v) is 6.22. The predicted molar refractivity (Wildman–Crippen MR) is 75.4 cm³/mol. The zero-order valence-corrected chi connectivity index (χ0v) is 11.9. The molecule has 0 fully saturated rings. The highest BCUT2D eigenvalue weighted by Gasteiger charge is 2.18. The number of rotatable bonds is 4. The number of nitrogen functional groups attached to an aromatic ring is 1. The van der Waals surface area contributed by atoms with Crippen molar-refractivity contribution in [3.8, 4) is 11.6 Å². The SMILES string of the molecule is Cc1ccc([N+](=O)[O-])c(Oc2nc(NN)ncc2Br)c1. The highest BCUT2D eigenvalue weighted by atomic mass is 79.9. The van der Waals surface area contributed by atoms with Crippen LogP contribution in [0.1, 0.15) is 5.56 Å². The lowest BCUT2D eigenvalue weighted by atomic mass is 10.2. The molecule has 8 nitrogen and oxygen atoms in total. The molecule has 0 radical (unpaired) electrons. The van der Waals surface area contributed by atoms with E-state index in [4.69, 9.17) is 10.6 Å². The Morgan fingerprint density at radius 3 is 2.90 bits per heavy atom. The largest absolute Gasteiger partial charge is 0.430 e. The number of hydrogen-bond donors (Lipinski definition) is 2. The number of aryl methyl sites for hydroxylation is 1. The van der Waals surface area contributed by atoms with Crippen molar-refractivity contribution in [2.24, 2.45) is 5.84 Å². The number of benzene rings is 1. The van der Waals surface area contributed by atoms with Gasteiger partial charge >= 0.3 is 5.69 Å². The highest BCUT2D eigenvalue weighted by Crippen LogP contribution is 2.34. The Morgan fingerprint density at radius 2 is 2.25 bits per heavy atom. The third-order valence-corrected chi connectivity index (χ3v) is 2.90. The molecule has 0 atom stereocenters. The molecule has 0 aliphatic carbocycles. The van der Waals surface area contributed by atoms with Gasteiger partial charge in [-0.3, -0.25) is 15.5 Å². The highest BCUT2D eigenvalue weighted by molar-refractivity contribution is 9.10. The Bertz CT molecular complexity index is 665. The molecule has 1 aromatic carbocycles. The lowest BCUT2D eigenvalue weighted by Gasteiger charge is -2.08. The van der Waals surface area contributed by atoms with Crippen LogP contribution < -0.4 is 16.0 Å². The fraction of sp³-hybridized carbons (Fsp3) is 0.0909. The smallest absolute Gasteiger partial charge is 0.311 e. The minimum Gasteiger partial charge on any atom is -0.430 e. The average Bonchev–Trinajstić information content (AvgIpc) is 2.41. The summed E-state index contributed by atoms with van der Waals surface area (Å²) in [5.74, 6) is 5.57. The molecule has 0 amide bonds. The van der Waals surface area contributed by atoms with Crippen molar-refractivity contribution in [2.75, 3.05) is 5.43 Å². The molecule has 2 aromatic rings. The summed E-state index contributed by atoms with van der Waals surface area (Å²) < 4.78 is 5.94. The van der Waals surface area contributed by atoms with Gasteiger partial charge in [0.15, 0.2) is 0 Å². The Balaban J connectivity index is 2.43. The van der Waals surface area contributed by atoms with Gasteiger partial charge in [0, 0.05) is 6.07 Å². The molecule has 104 valence electrons. The number of aromatic nitrogens is 2. The molecule has 2 rings (SSSR count). The van der Waals surface area contributed by atoms with Gasteiger partial charge in [-0.25, -0.2) is 10.8 Å². The van der Waals surface area contributed by atoms with Crippen molar-refractivity contribution < 1.29 is 9.66 Å². The van der Waals surface area contributed by atoms with E-state index in [2.05, 4.69) is 31.3 Å². The van der Waals surface area contributed by atoms with Crippen molar-refractivity contribution >= 4 is 27.6 Å². The summed E-state index contributed by atoms with van der Waals surface area (Å²) in [6.07, 6.45) is 1.43. The van der Waals surface area contributed by atoms with Crippen LogP contribution in [0, 0.1) is 17.0 Å². The summed E-state index contributed by atoms with van der Waals surface area (Å²) in [5, 5.41) is 11.0. The number of nitrogens with one attached hydrogen (secondary N) is 1. The fourth-order valence-corrected chi connectivity index (χ4v) is 1.72. The lowest BCUT2D eigenvalue weighted by Crippen LogP contribution is -2.10. The summed E-state index contributed by atoms with van der Waals surface area (Å²) in [7, 11) is 0. The van der Waals surface area contributed by atoms with Crippen LogP contribution >= 0.6 is 15.9 Å². The fourth-order valence-electron chi connectivity index (χ4n) is 1.45. The zero-order chi connectivity index (χ0) is 14.7. The van der Waals surface area contributed by atoms with E-state index in [1.807, 2.05) is 0 Å². The number of hydrogen-bond acceptors (Lipinski definition) is 7. The molecule has 0 spiro atoms. The number of nitro groups is 1. The van der Waals surface area contributed by atoms with Gasteiger partial charge in [0.1, 0.15) is 0 Å². The topological polar surface area (TPSA) is 116 Å². The van der Waals surface area contributed by atoms with Crippen LogP contribution in [0.25, 0.3) is 0 Å². The van der Waals surface area contributed by atoms with Gasteiger partial charge in [0.05, 0.1) is 15.6 Å². The molecule has 1 aromatic heterocycles. The Labute approximate surface area is 122 Å². The Hall–Kier alpha value is -2.26. The molecular weight excluding hydrogens is 330 g/mol. The van der Waals surface area contributed by atoms with Gasteiger partial charge in [-0.05, 0) is 34.5 Å². The van der Waals surface area contributed by atoms with Crippen LogP contribution in [-0.2, 0) is 0 Å². The monoisotopic (exact) mass is 339 g/mol. The number of anilines is 1. The molecule has 0 aliphatic heterocycles. The second-order valence-electron chi connectivity index (χ2n) is 3.82. The maximum absolute atomic E-state index is 11.0. The van der Waals surface area contributed by atoms with E-state index >= 15 is 0 Å². The number of hydrazine groups is 1. The molecular formula is C11H10BrN5O3. The molecule has 9 heteroatoms. The van der Waals surface area contributed by atoms with E-state index < -0.39 is 4.92 Å². The number of ether oxygens (including phenoxy) is 1. The van der Waals surface area contributed by atoms with Gasteiger partial charge in [-0.2, -0.15) is 4.98 Å². The van der Waals surface area contributed by atoms with Crippen LogP contribution in [0.2, 0.25) is 0 Å². The van der Waals surface area contributed by atoms with Gasteiger partial charge in [0.2, 0.25) is 17.6 Å². The second-order valence-corrected chi connectivity index (χ2v) is 4.68. The molecule has 0 aliphatic rings. The Morgan fingerprint density at radius 1 is 1.50 bits per heavy atom. The van der Waals surface area contributed by atoms with Crippen molar-refractivity contribution in [3.63, 3.8) is 0 Å². The van der Waals surface area contributed by atoms with Gasteiger partial charge in [-0.1, -0.05) is 6.07 Å². The minimum atomic E-state index is -0.522. The third kappa shape index (κ3) is 3.00. The van der Waals surface area contributed by atoms with E-state index in [1.54, 1.807) is 19.1 Å². The number of nitrogens with two attached hydrogens (primary N) is 1. The number of halogens is 1. The van der Waals surface area contributed by atoms with Crippen LogP contribution in [-0.4, -0.2) is 14.9 Å². The quantitative estimate of drug-likeness (QED) is 0.499. The maximum Gasteiger partial charge on any atom is 0.311 e. The third-order valence-electron chi connectivity index (χ3n) is 2.36. The lowest BCUT2D eigenvalue weighted by molar-refractivity contribution is -0.385. The van der Waals surface area contributed by atoms with Crippen molar-refractivity contribution in [1.29, 1.82) is 0 Å². The average molecular weight is 340 g/mol. The summed E-state index contributed by atoms with van der Waals surface area (Å²) >= 11 is 3.21. The first-order valence-electron chi connectivity index (χ1n) is 5.43. The first kappa shape index (κ1) is 14.2. The molecule has 0 saturated carbocycles. The van der Waals surface area contributed by atoms with E-state index in [-0.39, 0.29) is 23.3 Å². The van der Waals surface area contributed by atoms with Gasteiger partial charge in [-0.15, -0.1) is 0 Å². The second kappa shape index (κ2) is 5.80. The van der Waals surface area contributed by atoms with Crippen LogP contribution in [0.3, 0.4) is 0 Å². The van der Waals surface area contributed by atoms with E-state index in [1.165, 1.54) is 12.3 Å². The zero-order valence-electron chi connectivity index (χ0n) is 10.3. The summed E-state index contributed by atoms with van der Waals surface area (Å²) in [6, 6.07) is 4.57. The standard InChI is InChI=1S/C11H10BrN5O3/c1-6-2-3-8(17(18)19)9(4-6)20-10-7(12)5-14-11(15-10)16-13/h2-5H,13H2,1H3,(H,14,15,16). The molecule has 3 N–H and O–H groups in total. The van der Waals surface area contributed by atoms with E-state index in [0.29, 0.717) is 4.47 Å². The number of nitrogens with zero attached hydrogens (tertiary/aromatic N) is 3. The van der Waals surface area contributed by atoms with Gasteiger partial charge in [0.25, 0.3) is 0 Å². The van der Waals surface area contributed by atoms with Gasteiger partial charge < -0.3 is 4.74 Å². The molecule has 0 unspecified atom stereocenters.